The Kier molecular flexibility index (Phi) is 5.73. The summed E-state index contributed by atoms with van der Waals surface area (Å²) in [5, 5.41) is 0.948. The molecule has 1 aromatic heterocycles. The van der Waals surface area contributed by atoms with Gasteiger partial charge in [-0.15, -0.1) is 11.3 Å². The average molecular weight is 429 g/mol. The van der Waals surface area contributed by atoms with Gasteiger partial charge in [-0.25, -0.2) is 8.42 Å². The van der Waals surface area contributed by atoms with Crippen molar-refractivity contribution in [2.75, 3.05) is 6.54 Å². The van der Waals surface area contributed by atoms with Crippen LogP contribution in [0.2, 0.25) is 10.0 Å². The Bertz CT molecular complexity index is 727. The van der Waals surface area contributed by atoms with E-state index in [1.165, 1.54) is 10.4 Å². The fourth-order valence-corrected chi connectivity index (χ4v) is 5.94. The van der Waals surface area contributed by atoms with Crippen molar-refractivity contribution in [3.05, 3.63) is 49.7 Å². The summed E-state index contributed by atoms with van der Waals surface area (Å²) in [4.78, 5) is 0. The number of hydrogen-bond acceptors (Lipinski definition) is 3. The minimum atomic E-state index is -3.59. The van der Waals surface area contributed by atoms with E-state index < -0.39 is 10.0 Å². The van der Waals surface area contributed by atoms with Gasteiger partial charge in [0, 0.05) is 18.1 Å². The maximum Gasteiger partial charge on any atom is 0.252 e. The van der Waals surface area contributed by atoms with Crippen LogP contribution in [0.1, 0.15) is 12.5 Å². The van der Waals surface area contributed by atoms with Gasteiger partial charge in [-0.3, -0.25) is 0 Å². The van der Waals surface area contributed by atoms with E-state index in [1.807, 2.05) is 18.2 Å². The lowest BCUT2D eigenvalue weighted by molar-refractivity contribution is 0.425. The third-order valence-corrected chi connectivity index (χ3v) is 8.09. The fraction of sp³-hybridized carbons (Fsp3) is 0.231. The second-order valence-electron chi connectivity index (χ2n) is 4.21. The summed E-state index contributed by atoms with van der Waals surface area (Å²) in [7, 11) is -3.59. The monoisotopic (exact) mass is 427 g/mol. The Morgan fingerprint density at radius 1 is 1.24 bits per heavy atom. The van der Waals surface area contributed by atoms with E-state index in [4.69, 9.17) is 23.2 Å². The number of nitrogens with zero attached hydrogens (tertiary/aromatic N) is 1. The smallest absolute Gasteiger partial charge is 0.206 e. The first-order valence-corrected chi connectivity index (χ1v) is 9.85. The maximum absolute atomic E-state index is 12.7. The average Bonchev–Trinajstić information content (AvgIpc) is 2.78. The highest BCUT2D eigenvalue weighted by Crippen LogP contribution is 2.36. The second kappa shape index (κ2) is 6.98. The first kappa shape index (κ1) is 17.2. The molecule has 1 aromatic carbocycles. The normalized spacial score (nSPS) is 12.0. The van der Waals surface area contributed by atoms with Gasteiger partial charge in [-0.2, -0.15) is 4.31 Å². The molecule has 0 saturated carbocycles. The Morgan fingerprint density at radius 2 is 1.90 bits per heavy atom. The molecule has 0 aliphatic carbocycles. The van der Waals surface area contributed by atoms with Crippen LogP contribution in [0.5, 0.6) is 0 Å². The lowest BCUT2D eigenvalue weighted by Crippen LogP contribution is -2.30. The molecule has 1 heterocycles. The molecule has 3 nitrogen and oxygen atoms in total. The molecule has 8 heteroatoms. The Hall–Kier alpha value is -0.110. The predicted octanol–water partition coefficient (Wildman–Crippen LogP) is 5.03. The molecule has 0 unspecified atom stereocenters. The summed E-state index contributed by atoms with van der Waals surface area (Å²) in [6.45, 7) is 2.37. The zero-order valence-electron chi connectivity index (χ0n) is 11.0. The molecule has 0 radical (unpaired) electrons. The van der Waals surface area contributed by atoms with Crippen molar-refractivity contribution < 1.29 is 8.42 Å². The number of halogens is 3. The van der Waals surface area contributed by atoms with Crippen LogP contribution in [0, 0.1) is 0 Å². The number of sulfonamides is 1. The molecule has 0 bridgehead atoms. The van der Waals surface area contributed by atoms with Gasteiger partial charge in [-0.1, -0.05) is 48.3 Å². The van der Waals surface area contributed by atoms with Crippen LogP contribution in [0.4, 0.5) is 0 Å². The van der Waals surface area contributed by atoms with Crippen LogP contribution < -0.4 is 0 Å². The third-order valence-electron chi connectivity index (χ3n) is 2.87. The lowest BCUT2D eigenvalue weighted by Gasteiger charge is -2.20. The Morgan fingerprint density at radius 3 is 2.43 bits per heavy atom. The summed E-state index contributed by atoms with van der Waals surface area (Å²) >= 11 is 16.4. The topological polar surface area (TPSA) is 37.4 Å². The van der Waals surface area contributed by atoms with E-state index in [9.17, 15) is 8.42 Å². The largest absolute Gasteiger partial charge is 0.252 e. The van der Waals surface area contributed by atoms with Crippen LogP contribution >= 0.6 is 50.5 Å². The van der Waals surface area contributed by atoms with Gasteiger partial charge in [-0.05, 0) is 33.6 Å². The van der Waals surface area contributed by atoms with E-state index in [1.54, 1.807) is 13.0 Å². The lowest BCUT2D eigenvalue weighted by atomic mass is 10.2. The molecular weight excluding hydrogens is 417 g/mol. The standard InChI is InChI=1S/C13H12BrCl2NO2S2/c1-2-17(8-9-5-3-4-6-10(9)15)21(18,19)12-7-11(16)13(14)20-12/h3-7H,2,8H2,1H3. The SMILES string of the molecule is CCN(Cc1ccccc1Cl)S(=O)(=O)c1cc(Cl)c(Br)s1. The molecule has 2 aromatic rings. The van der Waals surface area contributed by atoms with Gasteiger partial charge < -0.3 is 0 Å². The van der Waals surface area contributed by atoms with Crippen molar-refractivity contribution in [3.8, 4) is 0 Å². The van der Waals surface area contributed by atoms with Gasteiger partial charge in [0.15, 0.2) is 0 Å². The quantitative estimate of drug-likeness (QED) is 0.669. The molecule has 0 atom stereocenters. The highest BCUT2D eigenvalue weighted by atomic mass is 79.9. The Balaban J connectivity index is 2.34. The van der Waals surface area contributed by atoms with E-state index in [-0.39, 0.29) is 10.8 Å². The van der Waals surface area contributed by atoms with Crippen LogP contribution in [0.15, 0.2) is 38.3 Å². The summed E-state index contributed by atoms with van der Waals surface area (Å²) in [6, 6.07) is 8.67. The molecular formula is C13H12BrCl2NO2S2. The molecule has 0 spiro atoms. The molecule has 0 amide bonds. The minimum Gasteiger partial charge on any atom is -0.206 e. The molecule has 0 saturated heterocycles. The highest BCUT2D eigenvalue weighted by molar-refractivity contribution is 9.11. The van der Waals surface area contributed by atoms with Crippen molar-refractivity contribution in [1.82, 2.24) is 4.31 Å². The summed E-state index contributed by atoms with van der Waals surface area (Å²) in [6.07, 6.45) is 0. The highest BCUT2D eigenvalue weighted by Gasteiger charge is 2.26. The minimum absolute atomic E-state index is 0.216. The Labute approximate surface area is 146 Å². The zero-order chi connectivity index (χ0) is 15.6. The van der Waals surface area contributed by atoms with Crippen molar-refractivity contribution in [1.29, 1.82) is 0 Å². The molecule has 0 N–H and O–H groups in total. The van der Waals surface area contributed by atoms with Crippen LogP contribution in [-0.4, -0.2) is 19.3 Å². The van der Waals surface area contributed by atoms with E-state index in [2.05, 4.69) is 15.9 Å². The van der Waals surface area contributed by atoms with Gasteiger partial charge in [0.2, 0.25) is 0 Å². The van der Waals surface area contributed by atoms with Crippen molar-refractivity contribution in [2.24, 2.45) is 0 Å². The molecule has 21 heavy (non-hydrogen) atoms. The number of rotatable bonds is 5. The van der Waals surface area contributed by atoms with E-state index in [0.29, 0.717) is 20.4 Å². The molecule has 0 aliphatic heterocycles. The van der Waals surface area contributed by atoms with E-state index in [0.717, 1.165) is 16.9 Å². The van der Waals surface area contributed by atoms with E-state index >= 15 is 0 Å². The van der Waals surface area contributed by atoms with Gasteiger partial charge in [0.1, 0.15) is 4.21 Å². The first-order chi connectivity index (χ1) is 9.86. The number of benzene rings is 1. The summed E-state index contributed by atoms with van der Waals surface area (Å²) in [5.41, 5.74) is 0.770. The maximum atomic E-state index is 12.7. The molecule has 2 rings (SSSR count). The van der Waals surface area contributed by atoms with Gasteiger partial charge in [0.05, 0.1) is 8.81 Å². The van der Waals surface area contributed by atoms with Crippen LogP contribution in [-0.2, 0) is 16.6 Å². The molecule has 0 aliphatic rings. The second-order valence-corrected chi connectivity index (χ2v) is 9.56. The van der Waals surface area contributed by atoms with Crippen molar-refractivity contribution in [2.45, 2.75) is 17.7 Å². The first-order valence-electron chi connectivity index (χ1n) is 6.04. The zero-order valence-corrected chi connectivity index (χ0v) is 15.7. The van der Waals surface area contributed by atoms with Crippen molar-refractivity contribution >= 4 is 60.5 Å². The third kappa shape index (κ3) is 3.81. The van der Waals surface area contributed by atoms with Gasteiger partial charge in [0.25, 0.3) is 10.0 Å². The molecule has 0 fully saturated rings. The summed E-state index contributed by atoms with van der Waals surface area (Å²) < 4.78 is 27.5. The number of hydrogen-bond donors (Lipinski definition) is 0. The van der Waals surface area contributed by atoms with Crippen LogP contribution in [0.25, 0.3) is 0 Å². The van der Waals surface area contributed by atoms with Crippen LogP contribution in [0.3, 0.4) is 0 Å². The fourth-order valence-electron chi connectivity index (χ4n) is 1.76. The van der Waals surface area contributed by atoms with Gasteiger partial charge >= 0.3 is 0 Å². The molecule has 114 valence electrons. The number of thiophene rings is 1. The predicted molar refractivity (Wildman–Crippen MR) is 91.8 cm³/mol. The van der Waals surface area contributed by atoms with Crippen molar-refractivity contribution in [3.63, 3.8) is 0 Å². The summed E-state index contributed by atoms with van der Waals surface area (Å²) in [5.74, 6) is 0.